The topological polar surface area (TPSA) is 125 Å². The van der Waals surface area contributed by atoms with Gasteiger partial charge >= 0.3 is 0 Å². The number of nitrogens with one attached hydrogen (secondary N) is 1. The van der Waals surface area contributed by atoms with Gasteiger partial charge in [-0.15, -0.1) is 10.2 Å². The molecule has 0 fully saturated rings. The lowest BCUT2D eigenvalue weighted by Crippen LogP contribution is -2.26. The van der Waals surface area contributed by atoms with E-state index in [0.717, 1.165) is 11.1 Å². The van der Waals surface area contributed by atoms with E-state index in [1.807, 2.05) is 30.3 Å². The Morgan fingerprint density at radius 1 is 1.18 bits per heavy atom. The first-order valence-electron chi connectivity index (χ1n) is 10.1. The molecule has 0 radical (unpaired) electrons. The van der Waals surface area contributed by atoms with Gasteiger partial charge < -0.3 is 14.6 Å². The maximum Gasteiger partial charge on any atom is 0.269 e. The van der Waals surface area contributed by atoms with E-state index < -0.39 is 0 Å². The molecule has 0 aliphatic carbocycles. The molecule has 33 heavy (non-hydrogen) atoms. The van der Waals surface area contributed by atoms with Crippen LogP contribution >= 0.6 is 0 Å². The molecule has 1 aromatic carbocycles. The zero-order valence-electron chi connectivity index (χ0n) is 18.2. The van der Waals surface area contributed by atoms with Crippen molar-refractivity contribution in [1.82, 2.24) is 39.8 Å². The highest BCUT2D eigenvalue weighted by Gasteiger charge is 2.17. The largest absolute Gasteiger partial charge is 0.496 e. The van der Waals surface area contributed by atoms with E-state index in [9.17, 15) is 4.79 Å². The second-order valence-electron chi connectivity index (χ2n) is 7.33. The molecule has 0 atom stereocenters. The van der Waals surface area contributed by atoms with Gasteiger partial charge in [0.15, 0.2) is 17.3 Å². The third-order valence-electron chi connectivity index (χ3n) is 5.16. The number of aryl methyl sites for hydroxylation is 2. The lowest BCUT2D eigenvalue weighted by molar-refractivity contribution is 0.0940. The predicted molar refractivity (Wildman–Crippen MR) is 117 cm³/mol. The van der Waals surface area contributed by atoms with Gasteiger partial charge in [0.1, 0.15) is 11.4 Å². The van der Waals surface area contributed by atoms with Gasteiger partial charge in [0.05, 0.1) is 19.3 Å². The molecule has 1 N–H and O–H groups in total. The van der Waals surface area contributed by atoms with Gasteiger partial charge in [-0.2, -0.15) is 10.1 Å². The second-order valence-corrected chi connectivity index (χ2v) is 7.33. The molecule has 1 amide bonds. The molecule has 5 rings (SSSR count). The molecule has 0 unspecified atom stereocenters. The number of para-hydroxylation sites is 1. The molecule has 5 aromatic rings. The average Bonchev–Trinajstić information content (AvgIpc) is 3.55. The van der Waals surface area contributed by atoms with Gasteiger partial charge in [-0.1, -0.05) is 17.3 Å². The first-order chi connectivity index (χ1) is 16.0. The van der Waals surface area contributed by atoms with Crippen LogP contribution in [0.25, 0.3) is 28.4 Å². The normalized spacial score (nSPS) is 11.1. The summed E-state index contributed by atoms with van der Waals surface area (Å²) in [6.45, 7) is 1.94. The van der Waals surface area contributed by atoms with Gasteiger partial charge in [0.2, 0.25) is 0 Å². The molecule has 0 saturated heterocycles. The molecule has 4 heterocycles. The maximum atomic E-state index is 12.8. The van der Waals surface area contributed by atoms with E-state index >= 15 is 0 Å². The predicted octanol–water partition coefficient (Wildman–Crippen LogP) is 2.43. The van der Waals surface area contributed by atoms with E-state index in [0.29, 0.717) is 40.3 Å². The Balaban J connectivity index is 1.34. The number of fused-ring (bicyclic) bond motifs is 1. The van der Waals surface area contributed by atoms with Crippen LogP contribution in [0.3, 0.4) is 0 Å². The maximum absolute atomic E-state index is 12.8. The highest BCUT2D eigenvalue weighted by atomic mass is 16.5. The SMILES string of the molecule is COc1ccccc1-c1cc(C(=O)NCc2nnc3cc(-c4nc(C)no4)ccn23)n(C)n1. The van der Waals surface area contributed by atoms with Crippen LogP contribution in [-0.4, -0.2) is 47.5 Å². The fraction of sp³-hybridized carbons (Fsp3) is 0.182. The molecule has 0 bridgehead atoms. The van der Waals surface area contributed by atoms with E-state index in [1.165, 1.54) is 4.68 Å². The molecule has 0 aliphatic rings. The van der Waals surface area contributed by atoms with Crippen LogP contribution < -0.4 is 10.1 Å². The first-order valence-corrected chi connectivity index (χ1v) is 10.1. The van der Waals surface area contributed by atoms with Crippen LogP contribution in [0, 0.1) is 6.92 Å². The highest BCUT2D eigenvalue weighted by Crippen LogP contribution is 2.28. The van der Waals surface area contributed by atoms with Crippen molar-refractivity contribution >= 4 is 11.6 Å². The number of amides is 1. The minimum absolute atomic E-state index is 0.189. The molecule has 0 saturated carbocycles. The molecule has 0 spiro atoms. The lowest BCUT2D eigenvalue weighted by atomic mass is 10.1. The summed E-state index contributed by atoms with van der Waals surface area (Å²) in [5, 5.41) is 19.5. The van der Waals surface area contributed by atoms with Crippen LogP contribution in [0.1, 0.15) is 22.1 Å². The van der Waals surface area contributed by atoms with E-state index in [-0.39, 0.29) is 12.5 Å². The number of rotatable bonds is 6. The number of methoxy groups -OCH3 is 1. The van der Waals surface area contributed by atoms with Crippen molar-refractivity contribution in [1.29, 1.82) is 0 Å². The van der Waals surface area contributed by atoms with Crippen molar-refractivity contribution in [3.8, 4) is 28.5 Å². The van der Waals surface area contributed by atoms with Crippen LogP contribution in [0.2, 0.25) is 0 Å². The molecule has 4 aromatic heterocycles. The number of carbonyl (C=O) groups is 1. The lowest BCUT2D eigenvalue weighted by Gasteiger charge is -2.04. The van der Waals surface area contributed by atoms with Crippen molar-refractivity contribution in [2.45, 2.75) is 13.5 Å². The molecule has 11 nitrogen and oxygen atoms in total. The molecule has 11 heteroatoms. The van der Waals surface area contributed by atoms with Gasteiger partial charge in [0.25, 0.3) is 11.8 Å². The number of benzene rings is 1. The number of pyridine rings is 1. The number of nitrogens with zero attached hydrogens (tertiary/aromatic N) is 7. The Labute approximate surface area is 188 Å². The van der Waals surface area contributed by atoms with Crippen LogP contribution in [0.4, 0.5) is 0 Å². The summed E-state index contributed by atoms with van der Waals surface area (Å²) in [6.07, 6.45) is 1.80. The van der Waals surface area contributed by atoms with Crippen molar-refractivity contribution in [3.63, 3.8) is 0 Å². The monoisotopic (exact) mass is 444 g/mol. The van der Waals surface area contributed by atoms with E-state index in [2.05, 4.69) is 30.8 Å². The summed E-state index contributed by atoms with van der Waals surface area (Å²) in [6, 6.07) is 12.9. The van der Waals surface area contributed by atoms with Crippen molar-refractivity contribution in [2.75, 3.05) is 7.11 Å². The van der Waals surface area contributed by atoms with Crippen LogP contribution in [0.5, 0.6) is 5.75 Å². The fourth-order valence-electron chi connectivity index (χ4n) is 3.53. The van der Waals surface area contributed by atoms with Crippen molar-refractivity contribution < 1.29 is 14.1 Å². The average molecular weight is 444 g/mol. The minimum atomic E-state index is -0.277. The number of ether oxygens (including phenoxy) is 1. The summed E-state index contributed by atoms with van der Waals surface area (Å²) in [5.74, 6) is 1.96. The number of carbonyl (C=O) groups excluding carboxylic acids is 1. The van der Waals surface area contributed by atoms with E-state index in [1.54, 1.807) is 43.8 Å². The zero-order chi connectivity index (χ0) is 22.9. The molecular formula is C22H20N8O3. The Morgan fingerprint density at radius 2 is 2.03 bits per heavy atom. The fourth-order valence-corrected chi connectivity index (χ4v) is 3.53. The molecule has 0 aliphatic heterocycles. The summed E-state index contributed by atoms with van der Waals surface area (Å²) in [7, 11) is 3.32. The molecular weight excluding hydrogens is 424 g/mol. The highest BCUT2D eigenvalue weighted by molar-refractivity contribution is 5.93. The Kier molecular flexibility index (Phi) is 5.05. The Bertz CT molecular complexity index is 1470. The van der Waals surface area contributed by atoms with Crippen LogP contribution in [-0.2, 0) is 13.6 Å². The number of hydrogen-bond donors (Lipinski definition) is 1. The zero-order valence-corrected chi connectivity index (χ0v) is 18.2. The summed E-state index contributed by atoms with van der Waals surface area (Å²) in [4.78, 5) is 17.1. The third kappa shape index (κ3) is 3.80. The Hall–Kier alpha value is -4.54. The minimum Gasteiger partial charge on any atom is -0.496 e. The Morgan fingerprint density at radius 3 is 2.82 bits per heavy atom. The van der Waals surface area contributed by atoms with Gasteiger partial charge in [-0.05, 0) is 37.3 Å². The smallest absolute Gasteiger partial charge is 0.269 e. The van der Waals surface area contributed by atoms with Gasteiger partial charge in [-0.25, -0.2) is 0 Å². The van der Waals surface area contributed by atoms with Gasteiger partial charge in [0, 0.05) is 24.4 Å². The van der Waals surface area contributed by atoms with Gasteiger partial charge in [-0.3, -0.25) is 13.9 Å². The summed E-state index contributed by atoms with van der Waals surface area (Å²) >= 11 is 0. The molecule has 166 valence electrons. The quantitative estimate of drug-likeness (QED) is 0.423. The van der Waals surface area contributed by atoms with Crippen molar-refractivity contribution in [3.05, 3.63) is 66.0 Å². The first kappa shape index (κ1) is 20.4. The summed E-state index contributed by atoms with van der Waals surface area (Å²) in [5.41, 5.74) is 3.22. The summed E-state index contributed by atoms with van der Waals surface area (Å²) < 4.78 is 13.9. The number of hydrogen-bond acceptors (Lipinski definition) is 8. The van der Waals surface area contributed by atoms with Crippen molar-refractivity contribution in [2.24, 2.45) is 7.05 Å². The third-order valence-corrected chi connectivity index (χ3v) is 5.16. The van der Waals surface area contributed by atoms with E-state index in [4.69, 9.17) is 9.26 Å². The number of aromatic nitrogens is 7. The standard InChI is InChI=1S/C22H20N8O3/c1-13-24-22(33-28-13)14-8-9-30-19(10-14)25-26-20(30)12-23-21(31)17-11-16(27-29(17)2)15-6-4-5-7-18(15)32-3/h4-11H,12H2,1-3H3,(H,23,31). The van der Waals surface area contributed by atoms with Crippen LogP contribution in [0.15, 0.2) is 53.2 Å². The second kappa shape index (κ2) is 8.19.